The lowest BCUT2D eigenvalue weighted by Crippen LogP contribution is -2.13. The van der Waals surface area contributed by atoms with E-state index in [0.717, 1.165) is 25.1 Å². The van der Waals surface area contributed by atoms with E-state index in [1.54, 1.807) is 24.3 Å². The second-order valence-electron chi connectivity index (χ2n) is 6.13. The number of benzene rings is 2. The summed E-state index contributed by atoms with van der Waals surface area (Å²) >= 11 is 0. The lowest BCUT2D eigenvalue weighted by molar-refractivity contribution is 0.411. The maximum Gasteiger partial charge on any atom is 0.206 e. The number of hydrogen-bond donors (Lipinski definition) is 0. The molecule has 0 radical (unpaired) electrons. The highest BCUT2D eigenvalue weighted by Crippen LogP contribution is 2.28. The molecule has 0 N–H and O–H groups in total. The smallest absolute Gasteiger partial charge is 0.206 e. The number of likely N-dealkylation sites (tertiary alicyclic amines) is 1. The first-order valence-electron chi connectivity index (χ1n) is 7.57. The van der Waals surface area contributed by atoms with Crippen molar-refractivity contribution in [2.24, 2.45) is 0 Å². The summed E-state index contributed by atoms with van der Waals surface area (Å²) in [5.74, 6) is 0.515. The predicted molar refractivity (Wildman–Crippen MR) is 87.9 cm³/mol. The molecule has 3 rings (SSSR count). The van der Waals surface area contributed by atoms with Gasteiger partial charge in [-0.05, 0) is 62.7 Å². The average Bonchev–Trinajstić information content (AvgIpc) is 2.94. The van der Waals surface area contributed by atoms with Crippen LogP contribution in [0.25, 0.3) is 0 Å². The van der Waals surface area contributed by atoms with E-state index in [-0.39, 0.29) is 0 Å². The van der Waals surface area contributed by atoms with Crippen molar-refractivity contribution in [3.63, 3.8) is 0 Å². The second-order valence-corrected chi connectivity index (χ2v) is 8.08. The summed E-state index contributed by atoms with van der Waals surface area (Å²) in [6.07, 6.45) is 1.14. The zero-order valence-electron chi connectivity index (χ0n) is 13.0. The van der Waals surface area contributed by atoms with Crippen LogP contribution < -0.4 is 0 Å². The van der Waals surface area contributed by atoms with Crippen molar-refractivity contribution >= 4 is 9.84 Å². The van der Waals surface area contributed by atoms with Crippen molar-refractivity contribution in [3.05, 3.63) is 59.7 Å². The van der Waals surface area contributed by atoms with Crippen LogP contribution in [0.3, 0.4) is 0 Å². The zero-order chi connectivity index (χ0) is 15.7. The van der Waals surface area contributed by atoms with E-state index >= 15 is 0 Å². The number of likely N-dealkylation sites (N-methyl/N-ethyl adjacent to an activating group) is 1. The predicted octanol–water partition coefficient (Wildman–Crippen LogP) is 3.25. The minimum absolute atomic E-state index is 0.353. The third-order valence-corrected chi connectivity index (χ3v) is 6.17. The van der Waals surface area contributed by atoms with Gasteiger partial charge < -0.3 is 4.90 Å². The van der Waals surface area contributed by atoms with Crippen LogP contribution in [0.4, 0.5) is 0 Å². The fourth-order valence-corrected chi connectivity index (χ4v) is 4.24. The van der Waals surface area contributed by atoms with E-state index in [1.807, 2.05) is 31.2 Å². The highest BCUT2D eigenvalue weighted by atomic mass is 32.2. The minimum atomic E-state index is -3.42. The molecule has 116 valence electrons. The van der Waals surface area contributed by atoms with Gasteiger partial charge in [-0.2, -0.15) is 0 Å². The monoisotopic (exact) mass is 315 g/mol. The van der Waals surface area contributed by atoms with E-state index in [4.69, 9.17) is 0 Å². The second kappa shape index (κ2) is 5.86. The molecule has 0 spiro atoms. The van der Waals surface area contributed by atoms with E-state index in [9.17, 15) is 8.42 Å². The van der Waals surface area contributed by atoms with Crippen LogP contribution in [0.1, 0.15) is 23.5 Å². The molecular formula is C18H21NO2S. The number of aryl methyl sites for hydroxylation is 1. The Kier molecular flexibility index (Phi) is 4.06. The van der Waals surface area contributed by atoms with Gasteiger partial charge in [0.1, 0.15) is 0 Å². The Labute approximate surface area is 132 Å². The molecule has 0 bridgehead atoms. The highest BCUT2D eigenvalue weighted by Gasteiger charge is 2.22. The van der Waals surface area contributed by atoms with Gasteiger partial charge in [0.05, 0.1) is 9.79 Å². The maximum absolute atomic E-state index is 12.6. The minimum Gasteiger partial charge on any atom is -0.306 e. The molecule has 2 aromatic rings. The molecule has 1 atom stereocenters. The van der Waals surface area contributed by atoms with E-state index in [2.05, 4.69) is 11.9 Å². The van der Waals surface area contributed by atoms with Gasteiger partial charge in [-0.1, -0.05) is 29.8 Å². The molecule has 1 heterocycles. The van der Waals surface area contributed by atoms with Gasteiger partial charge in [0, 0.05) is 6.54 Å². The number of rotatable bonds is 3. The SMILES string of the molecule is Cc1ccc(S(=O)(=O)c2ccc([C@@H]3CCN(C)C3)cc2)cc1. The molecule has 4 heteroatoms. The molecule has 1 aliphatic heterocycles. The van der Waals surface area contributed by atoms with Gasteiger partial charge in [0.2, 0.25) is 9.84 Å². The topological polar surface area (TPSA) is 37.4 Å². The van der Waals surface area contributed by atoms with Crippen molar-refractivity contribution in [1.29, 1.82) is 0 Å². The molecule has 1 aliphatic rings. The Balaban J connectivity index is 1.87. The van der Waals surface area contributed by atoms with Crippen LogP contribution in [0.5, 0.6) is 0 Å². The average molecular weight is 315 g/mol. The molecule has 1 fully saturated rings. The number of sulfone groups is 1. The third kappa shape index (κ3) is 2.94. The first-order valence-corrected chi connectivity index (χ1v) is 9.05. The van der Waals surface area contributed by atoms with Crippen LogP contribution in [-0.2, 0) is 9.84 Å². The molecule has 0 aromatic heterocycles. The summed E-state index contributed by atoms with van der Waals surface area (Å²) in [5.41, 5.74) is 2.28. The van der Waals surface area contributed by atoms with Crippen LogP contribution >= 0.6 is 0 Å². The molecule has 1 saturated heterocycles. The molecule has 0 aliphatic carbocycles. The van der Waals surface area contributed by atoms with Crippen LogP contribution in [0.15, 0.2) is 58.3 Å². The molecule has 0 saturated carbocycles. The van der Waals surface area contributed by atoms with Crippen molar-refractivity contribution in [3.8, 4) is 0 Å². The van der Waals surface area contributed by atoms with Crippen LogP contribution in [0, 0.1) is 6.92 Å². The summed E-state index contributed by atoms with van der Waals surface area (Å²) in [4.78, 5) is 3.03. The van der Waals surface area contributed by atoms with E-state index in [1.165, 1.54) is 5.56 Å². The molecule has 3 nitrogen and oxygen atoms in total. The van der Waals surface area contributed by atoms with Crippen molar-refractivity contribution in [2.75, 3.05) is 20.1 Å². The molecule has 22 heavy (non-hydrogen) atoms. The molecular weight excluding hydrogens is 294 g/mol. The van der Waals surface area contributed by atoms with E-state index < -0.39 is 9.84 Å². The number of nitrogens with zero attached hydrogens (tertiary/aromatic N) is 1. The van der Waals surface area contributed by atoms with Gasteiger partial charge in [0.25, 0.3) is 0 Å². The highest BCUT2D eigenvalue weighted by molar-refractivity contribution is 7.91. The largest absolute Gasteiger partial charge is 0.306 e. The summed E-state index contributed by atoms with van der Waals surface area (Å²) in [6, 6.07) is 14.4. The fraction of sp³-hybridized carbons (Fsp3) is 0.333. The zero-order valence-corrected chi connectivity index (χ0v) is 13.8. The molecule has 0 unspecified atom stereocenters. The lowest BCUT2D eigenvalue weighted by atomic mass is 9.99. The summed E-state index contributed by atoms with van der Waals surface area (Å²) in [7, 11) is -1.30. The van der Waals surface area contributed by atoms with Gasteiger partial charge in [-0.25, -0.2) is 8.42 Å². The maximum atomic E-state index is 12.6. The third-order valence-electron chi connectivity index (χ3n) is 4.38. The Hall–Kier alpha value is -1.65. The van der Waals surface area contributed by atoms with Gasteiger partial charge in [-0.15, -0.1) is 0 Å². The first kappa shape index (κ1) is 15.3. The Morgan fingerprint density at radius 1 is 0.955 bits per heavy atom. The van der Waals surface area contributed by atoms with Gasteiger partial charge in [0.15, 0.2) is 0 Å². The summed E-state index contributed by atoms with van der Waals surface area (Å²) in [6.45, 7) is 4.10. The fourth-order valence-electron chi connectivity index (χ4n) is 2.98. The van der Waals surface area contributed by atoms with Crippen molar-refractivity contribution < 1.29 is 8.42 Å². The van der Waals surface area contributed by atoms with Crippen molar-refractivity contribution in [2.45, 2.75) is 29.1 Å². The van der Waals surface area contributed by atoms with Crippen LogP contribution in [-0.4, -0.2) is 33.5 Å². The summed E-state index contributed by atoms with van der Waals surface area (Å²) in [5, 5.41) is 0. The van der Waals surface area contributed by atoms with E-state index in [0.29, 0.717) is 15.7 Å². The van der Waals surface area contributed by atoms with Gasteiger partial charge in [-0.3, -0.25) is 0 Å². The normalized spacial score (nSPS) is 19.5. The summed E-state index contributed by atoms with van der Waals surface area (Å²) < 4.78 is 25.2. The standard InChI is InChI=1S/C18H21NO2S/c1-14-3-7-17(8-4-14)22(20,21)18-9-5-15(6-10-18)16-11-12-19(2)13-16/h3-10,16H,11-13H2,1-2H3/t16-/m1/s1. The number of hydrogen-bond acceptors (Lipinski definition) is 3. The first-order chi connectivity index (χ1) is 10.5. The lowest BCUT2D eigenvalue weighted by Gasteiger charge is -2.12. The van der Waals surface area contributed by atoms with Gasteiger partial charge >= 0.3 is 0 Å². The van der Waals surface area contributed by atoms with Crippen LogP contribution in [0.2, 0.25) is 0 Å². The Morgan fingerprint density at radius 3 is 2.00 bits per heavy atom. The van der Waals surface area contributed by atoms with Crippen molar-refractivity contribution in [1.82, 2.24) is 4.90 Å². The quantitative estimate of drug-likeness (QED) is 0.872. The Morgan fingerprint density at radius 2 is 1.50 bits per heavy atom. The molecule has 2 aromatic carbocycles. The Bertz CT molecular complexity index is 749. The molecule has 0 amide bonds.